The number of para-hydroxylation sites is 2. The van der Waals surface area contributed by atoms with E-state index < -0.39 is 0 Å². The van der Waals surface area contributed by atoms with E-state index in [0.717, 1.165) is 93.7 Å². The molecule has 0 saturated heterocycles. The molecule has 13 rings (SSSR count). The third-order valence-electron chi connectivity index (χ3n) is 14.6. The quantitative estimate of drug-likeness (QED) is 0.152. The molecule has 0 aliphatic carbocycles. The van der Waals surface area contributed by atoms with Crippen LogP contribution in [0.5, 0.6) is 0 Å². The minimum atomic E-state index is 0.854. The van der Waals surface area contributed by atoms with E-state index in [1.54, 1.807) is 0 Å². The van der Waals surface area contributed by atoms with Gasteiger partial charge < -0.3 is 18.6 Å². The molecule has 2 heterocycles. The summed E-state index contributed by atoms with van der Waals surface area (Å²) in [6.45, 7) is 10.9. The van der Waals surface area contributed by atoms with Crippen molar-refractivity contribution in [2.45, 2.75) is 34.6 Å². The lowest BCUT2D eigenvalue weighted by Gasteiger charge is -2.29. The molecule has 0 amide bonds. The van der Waals surface area contributed by atoms with Crippen molar-refractivity contribution in [3.8, 4) is 22.3 Å². The van der Waals surface area contributed by atoms with Crippen molar-refractivity contribution < 1.29 is 8.83 Å². The predicted molar refractivity (Wildman–Crippen MR) is 300 cm³/mol. The maximum absolute atomic E-state index is 6.83. The Kier molecular flexibility index (Phi) is 9.93. The van der Waals surface area contributed by atoms with E-state index in [1.807, 2.05) is 0 Å². The molecule has 0 aliphatic rings. The van der Waals surface area contributed by atoms with Crippen molar-refractivity contribution >= 4 is 99.5 Å². The number of hydrogen-bond donors (Lipinski definition) is 0. The smallest absolute Gasteiger partial charge is 0.142 e. The fourth-order valence-electron chi connectivity index (χ4n) is 11.1. The summed E-state index contributed by atoms with van der Waals surface area (Å²) in [5.41, 5.74) is 20.9. The molecule has 0 radical (unpaired) electrons. The van der Waals surface area contributed by atoms with Crippen LogP contribution in [0.15, 0.2) is 221 Å². The standard InChI is InChI=1S/C67H50N2O2/c1-41-14-12-15-42(2)64(41)68(54-28-22-48(23-29-54)46-18-8-6-9-19-46)56-32-26-50-36-58-60-40-61-59-37-51-27-33-57(35-53(51)39-63(59)71-67(61)45(5)66(60)70-62(58)38-52(50)34-56)69(65-43(3)16-13-17-44(65)4)55-30-24-49(25-31-55)47-20-10-7-11-21-47/h6-40H,1-5H3. The SMILES string of the molecule is Cc1cccc(C)c1N(c1ccc(-c2ccccc2)cc1)c1ccc2cc3c(cc2c1)oc1c(C)c2oc4cc5cc(N(c6ccc(-c7ccccc7)cc6)c6c(C)cccc6C)ccc5cc4c2cc13. The Bertz CT molecular complexity index is 3890. The Morgan fingerprint density at radius 2 is 0.648 bits per heavy atom. The Morgan fingerprint density at radius 1 is 0.282 bits per heavy atom. The molecule has 0 N–H and O–H groups in total. The van der Waals surface area contributed by atoms with Crippen LogP contribution < -0.4 is 9.80 Å². The van der Waals surface area contributed by atoms with E-state index in [-0.39, 0.29) is 0 Å². The molecule has 0 fully saturated rings. The van der Waals surface area contributed by atoms with Gasteiger partial charge in [0, 0.05) is 49.9 Å². The molecule has 4 nitrogen and oxygen atoms in total. The zero-order valence-corrected chi connectivity index (χ0v) is 40.4. The Labute approximate surface area is 413 Å². The molecule has 13 aromatic rings. The third kappa shape index (κ3) is 7.13. The van der Waals surface area contributed by atoms with Crippen LogP contribution >= 0.6 is 0 Å². The van der Waals surface area contributed by atoms with Crippen LogP contribution in [0.25, 0.3) is 87.7 Å². The first-order chi connectivity index (χ1) is 34.7. The van der Waals surface area contributed by atoms with Gasteiger partial charge in [-0.25, -0.2) is 0 Å². The Hall–Kier alpha value is -8.86. The number of anilines is 6. The third-order valence-corrected chi connectivity index (χ3v) is 14.6. The summed E-state index contributed by atoms with van der Waals surface area (Å²) in [6, 6.07) is 76.9. The van der Waals surface area contributed by atoms with Crippen molar-refractivity contribution in [2.24, 2.45) is 0 Å². The summed E-state index contributed by atoms with van der Waals surface area (Å²) >= 11 is 0. The number of benzene rings is 11. The van der Waals surface area contributed by atoms with E-state index in [0.29, 0.717) is 0 Å². The largest absolute Gasteiger partial charge is 0.456 e. The van der Waals surface area contributed by atoms with E-state index in [9.17, 15) is 0 Å². The van der Waals surface area contributed by atoms with Gasteiger partial charge >= 0.3 is 0 Å². The summed E-state index contributed by atoms with van der Waals surface area (Å²) in [5, 5.41) is 8.91. The van der Waals surface area contributed by atoms with Crippen molar-refractivity contribution in [1.82, 2.24) is 0 Å². The first-order valence-corrected chi connectivity index (χ1v) is 24.5. The van der Waals surface area contributed by atoms with Crippen molar-refractivity contribution in [1.29, 1.82) is 0 Å². The molecule has 71 heavy (non-hydrogen) atoms. The second kappa shape index (κ2) is 16.7. The zero-order valence-electron chi connectivity index (χ0n) is 40.4. The topological polar surface area (TPSA) is 32.8 Å². The maximum atomic E-state index is 6.83. The van der Waals surface area contributed by atoms with Crippen LogP contribution in [0.2, 0.25) is 0 Å². The highest BCUT2D eigenvalue weighted by Gasteiger charge is 2.22. The van der Waals surface area contributed by atoms with Crippen molar-refractivity contribution in [2.75, 3.05) is 9.80 Å². The van der Waals surface area contributed by atoms with Crippen molar-refractivity contribution in [3.05, 3.63) is 240 Å². The number of fused-ring (bicyclic) bond motifs is 8. The molecule has 340 valence electrons. The van der Waals surface area contributed by atoms with E-state index >= 15 is 0 Å². The van der Waals surface area contributed by atoms with Gasteiger partial charge in [0.15, 0.2) is 0 Å². The predicted octanol–water partition coefficient (Wildman–Crippen LogP) is 19.6. The van der Waals surface area contributed by atoms with Crippen LogP contribution in [0, 0.1) is 34.6 Å². The lowest BCUT2D eigenvalue weighted by atomic mass is 10.00. The molecular weight excluding hydrogens is 865 g/mol. The fraction of sp³-hybridized carbons (Fsp3) is 0.0746. The molecule has 0 aliphatic heterocycles. The monoisotopic (exact) mass is 914 g/mol. The van der Waals surface area contributed by atoms with Gasteiger partial charge in [0.05, 0.1) is 11.4 Å². The summed E-state index contributed by atoms with van der Waals surface area (Å²) in [7, 11) is 0. The lowest BCUT2D eigenvalue weighted by Crippen LogP contribution is -2.12. The van der Waals surface area contributed by atoms with Gasteiger partial charge in [-0.3, -0.25) is 0 Å². The molecule has 0 atom stereocenters. The van der Waals surface area contributed by atoms with Gasteiger partial charge in [-0.1, -0.05) is 133 Å². The van der Waals surface area contributed by atoms with E-state index in [1.165, 1.54) is 55.9 Å². The van der Waals surface area contributed by atoms with Gasteiger partial charge in [0.2, 0.25) is 0 Å². The van der Waals surface area contributed by atoms with Gasteiger partial charge in [0.25, 0.3) is 0 Å². The van der Waals surface area contributed by atoms with E-state index in [2.05, 4.69) is 257 Å². The molecule has 4 heteroatoms. The van der Waals surface area contributed by atoms with Gasteiger partial charge in [-0.15, -0.1) is 0 Å². The number of rotatable bonds is 8. The van der Waals surface area contributed by atoms with Crippen LogP contribution in [-0.2, 0) is 0 Å². The molecule has 2 aromatic heterocycles. The van der Waals surface area contributed by atoms with Gasteiger partial charge in [-0.05, 0) is 180 Å². The average Bonchev–Trinajstić information content (AvgIpc) is 3.95. The highest BCUT2D eigenvalue weighted by atomic mass is 16.3. The number of furan rings is 2. The summed E-state index contributed by atoms with van der Waals surface area (Å²) in [5.74, 6) is 0. The summed E-state index contributed by atoms with van der Waals surface area (Å²) in [4.78, 5) is 4.78. The van der Waals surface area contributed by atoms with Crippen LogP contribution in [0.3, 0.4) is 0 Å². The first kappa shape index (κ1) is 42.3. The van der Waals surface area contributed by atoms with E-state index in [4.69, 9.17) is 8.83 Å². The molecular formula is C67H50N2O2. The molecule has 0 bridgehead atoms. The Balaban J connectivity index is 0.895. The highest BCUT2D eigenvalue weighted by Crippen LogP contribution is 2.46. The zero-order chi connectivity index (χ0) is 47.9. The van der Waals surface area contributed by atoms with Crippen LogP contribution in [0.1, 0.15) is 27.8 Å². The number of nitrogens with zero attached hydrogens (tertiary/aromatic N) is 2. The highest BCUT2D eigenvalue weighted by molar-refractivity contribution is 6.20. The second-order valence-corrected chi connectivity index (χ2v) is 19.2. The second-order valence-electron chi connectivity index (χ2n) is 19.2. The maximum Gasteiger partial charge on any atom is 0.142 e. The minimum Gasteiger partial charge on any atom is -0.456 e. The molecule has 0 saturated carbocycles. The summed E-state index contributed by atoms with van der Waals surface area (Å²) < 4.78 is 13.7. The summed E-state index contributed by atoms with van der Waals surface area (Å²) in [6.07, 6.45) is 0. The Morgan fingerprint density at radius 3 is 1.04 bits per heavy atom. The fourth-order valence-corrected chi connectivity index (χ4v) is 11.1. The lowest BCUT2D eigenvalue weighted by molar-refractivity contribution is 0.651. The first-order valence-electron chi connectivity index (χ1n) is 24.5. The van der Waals surface area contributed by atoms with Gasteiger partial charge in [0.1, 0.15) is 22.3 Å². The van der Waals surface area contributed by atoms with Crippen molar-refractivity contribution in [3.63, 3.8) is 0 Å². The molecule has 11 aromatic carbocycles. The molecule has 0 unspecified atom stereocenters. The number of aryl methyl sites for hydroxylation is 5. The average molecular weight is 915 g/mol. The minimum absolute atomic E-state index is 0.854. The van der Waals surface area contributed by atoms with Crippen LogP contribution in [-0.4, -0.2) is 0 Å². The molecule has 0 spiro atoms. The van der Waals surface area contributed by atoms with Gasteiger partial charge in [-0.2, -0.15) is 0 Å². The van der Waals surface area contributed by atoms with Crippen LogP contribution in [0.4, 0.5) is 34.1 Å². The normalized spacial score (nSPS) is 11.7. The number of hydrogen-bond acceptors (Lipinski definition) is 4.